The molecule has 21 heavy (non-hydrogen) atoms. The Hall–Kier alpha value is -0.320. The summed E-state index contributed by atoms with van der Waals surface area (Å²) in [4.78, 5) is 14.5. The van der Waals surface area contributed by atoms with Gasteiger partial charge in [0.05, 0.1) is 18.1 Å². The third-order valence-corrected chi connectivity index (χ3v) is 5.09. The zero-order valence-corrected chi connectivity index (χ0v) is 13.7. The van der Waals surface area contributed by atoms with Crippen LogP contribution in [0.15, 0.2) is 0 Å². The van der Waals surface area contributed by atoms with Crippen LogP contribution in [0, 0.1) is 5.92 Å². The maximum Gasteiger partial charge on any atom is 0.226 e. The van der Waals surface area contributed by atoms with Crippen LogP contribution in [0.3, 0.4) is 0 Å². The van der Waals surface area contributed by atoms with Gasteiger partial charge in [0.1, 0.15) is 0 Å². The summed E-state index contributed by atoms with van der Waals surface area (Å²) >= 11 is 0. The minimum atomic E-state index is 0. The summed E-state index contributed by atoms with van der Waals surface area (Å²) in [5.41, 5.74) is 0. The second-order valence-corrected chi connectivity index (χ2v) is 6.61. The molecule has 0 aromatic carbocycles. The predicted octanol–water partition coefficient (Wildman–Crippen LogP) is 2.36. The highest BCUT2D eigenvalue weighted by molar-refractivity contribution is 5.85. The minimum absolute atomic E-state index is 0. The van der Waals surface area contributed by atoms with Gasteiger partial charge in [-0.1, -0.05) is 12.8 Å². The summed E-state index contributed by atoms with van der Waals surface area (Å²) in [7, 11) is 0. The number of likely N-dealkylation sites (tertiary alicyclic amines) is 1. The van der Waals surface area contributed by atoms with E-state index in [1.54, 1.807) is 0 Å². The molecule has 1 amide bonds. The average Bonchev–Trinajstić information content (AvgIpc) is 3.01. The zero-order chi connectivity index (χ0) is 13.8. The Morgan fingerprint density at radius 1 is 0.952 bits per heavy atom. The van der Waals surface area contributed by atoms with Crippen LogP contribution in [-0.4, -0.2) is 49.2 Å². The lowest BCUT2D eigenvalue weighted by molar-refractivity contribution is -0.139. The third kappa shape index (κ3) is 4.57. The van der Waals surface area contributed by atoms with Crippen molar-refractivity contribution in [3.05, 3.63) is 0 Å². The smallest absolute Gasteiger partial charge is 0.226 e. The number of piperidine rings is 2. The van der Waals surface area contributed by atoms with E-state index in [0.717, 1.165) is 51.9 Å². The lowest BCUT2D eigenvalue weighted by Crippen LogP contribution is -2.47. The molecule has 0 aromatic heterocycles. The Bertz CT molecular complexity index is 320. The molecule has 122 valence electrons. The summed E-state index contributed by atoms with van der Waals surface area (Å²) in [6.45, 7) is 3.73. The van der Waals surface area contributed by atoms with Crippen LogP contribution in [-0.2, 0) is 9.53 Å². The quantitative estimate of drug-likeness (QED) is 0.869. The highest BCUT2D eigenvalue weighted by atomic mass is 35.5. The molecule has 1 saturated carbocycles. The van der Waals surface area contributed by atoms with Crippen LogP contribution in [0.2, 0.25) is 0 Å². The number of hydrogen-bond donors (Lipinski definition) is 1. The standard InChI is InChI=1S/C16H28N2O2.ClH/c19-16(13-4-3-9-17-12-13)18-10-7-15(8-11-18)20-14-5-1-2-6-14;/h13-15,17H,1-12H2;1H. The van der Waals surface area contributed by atoms with Crippen molar-refractivity contribution in [2.75, 3.05) is 26.2 Å². The number of hydrogen-bond acceptors (Lipinski definition) is 3. The summed E-state index contributed by atoms with van der Waals surface area (Å²) < 4.78 is 6.18. The predicted molar refractivity (Wildman–Crippen MR) is 85.8 cm³/mol. The molecule has 0 spiro atoms. The Balaban J connectivity index is 0.00000161. The van der Waals surface area contributed by atoms with Crippen molar-refractivity contribution in [2.45, 2.75) is 63.6 Å². The van der Waals surface area contributed by atoms with Crippen LogP contribution < -0.4 is 5.32 Å². The third-order valence-electron chi connectivity index (χ3n) is 5.09. The normalized spacial score (nSPS) is 28.4. The second kappa shape index (κ2) is 8.35. The molecule has 4 nitrogen and oxygen atoms in total. The van der Waals surface area contributed by atoms with E-state index in [4.69, 9.17) is 4.74 Å². The van der Waals surface area contributed by atoms with Crippen LogP contribution >= 0.6 is 12.4 Å². The highest BCUT2D eigenvalue weighted by Gasteiger charge is 2.30. The lowest BCUT2D eigenvalue weighted by atomic mass is 9.96. The molecule has 2 aliphatic heterocycles. The monoisotopic (exact) mass is 316 g/mol. The van der Waals surface area contributed by atoms with Crippen molar-refractivity contribution in [1.82, 2.24) is 10.2 Å². The maximum atomic E-state index is 12.4. The summed E-state index contributed by atoms with van der Waals surface area (Å²) in [5, 5.41) is 3.34. The minimum Gasteiger partial charge on any atom is -0.375 e. The Labute approximate surface area is 134 Å². The number of amides is 1. The van der Waals surface area contributed by atoms with Gasteiger partial charge >= 0.3 is 0 Å². The number of ether oxygens (including phenoxy) is 1. The maximum absolute atomic E-state index is 12.4. The van der Waals surface area contributed by atoms with Crippen LogP contribution in [0.25, 0.3) is 0 Å². The molecular formula is C16H29ClN2O2. The fraction of sp³-hybridized carbons (Fsp3) is 0.938. The fourth-order valence-electron chi connectivity index (χ4n) is 3.83. The van der Waals surface area contributed by atoms with E-state index >= 15 is 0 Å². The van der Waals surface area contributed by atoms with Crippen LogP contribution in [0.5, 0.6) is 0 Å². The largest absolute Gasteiger partial charge is 0.375 e. The fourth-order valence-corrected chi connectivity index (χ4v) is 3.83. The molecule has 1 atom stereocenters. The Morgan fingerprint density at radius 2 is 1.62 bits per heavy atom. The van der Waals surface area contributed by atoms with Crippen molar-refractivity contribution < 1.29 is 9.53 Å². The van der Waals surface area contributed by atoms with Crippen LogP contribution in [0.1, 0.15) is 51.4 Å². The number of carbonyl (C=O) groups excluding carboxylic acids is 1. The van der Waals surface area contributed by atoms with Crippen molar-refractivity contribution in [3.8, 4) is 0 Å². The Kier molecular flexibility index (Phi) is 6.77. The van der Waals surface area contributed by atoms with E-state index < -0.39 is 0 Å². The molecule has 2 saturated heterocycles. The molecular weight excluding hydrogens is 288 g/mol. The van der Waals surface area contributed by atoms with Crippen molar-refractivity contribution in [1.29, 1.82) is 0 Å². The number of halogens is 1. The summed E-state index contributed by atoms with van der Waals surface area (Å²) in [6.07, 6.45) is 10.3. The molecule has 3 fully saturated rings. The zero-order valence-electron chi connectivity index (χ0n) is 12.9. The van der Waals surface area contributed by atoms with Crippen LogP contribution in [0.4, 0.5) is 0 Å². The van der Waals surface area contributed by atoms with E-state index in [9.17, 15) is 4.79 Å². The molecule has 3 aliphatic rings. The van der Waals surface area contributed by atoms with Gasteiger partial charge in [-0.05, 0) is 45.1 Å². The molecule has 2 heterocycles. The molecule has 1 N–H and O–H groups in total. The first-order valence-electron chi connectivity index (χ1n) is 8.48. The molecule has 1 aliphatic carbocycles. The van der Waals surface area contributed by atoms with Gasteiger partial charge in [0.2, 0.25) is 5.91 Å². The SMILES string of the molecule is Cl.O=C(C1CCCNC1)N1CCC(OC2CCCC2)CC1. The first kappa shape index (κ1) is 17.0. The van der Waals surface area contributed by atoms with Gasteiger partial charge in [0.25, 0.3) is 0 Å². The first-order valence-corrected chi connectivity index (χ1v) is 8.48. The highest BCUT2D eigenvalue weighted by Crippen LogP contribution is 2.26. The van der Waals surface area contributed by atoms with E-state index in [-0.39, 0.29) is 18.3 Å². The topological polar surface area (TPSA) is 41.6 Å². The van der Waals surface area contributed by atoms with E-state index in [1.165, 1.54) is 25.7 Å². The first-order chi connectivity index (χ1) is 9.83. The molecule has 0 radical (unpaired) electrons. The van der Waals surface area contributed by atoms with Crippen molar-refractivity contribution >= 4 is 18.3 Å². The van der Waals surface area contributed by atoms with Gasteiger partial charge < -0.3 is 15.0 Å². The molecule has 0 aromatic rings. The number of rotatable bonds is 3. The molecule has 3 rings (SSSR count). The van der Waals surface area contributed by atoms with E-state index in [2.05, 4.69) is 10.2 Å². The molecule has 1 unspecified atom stereocenters. The molecule has 5 heteroatoms. The van der Waals surface area contributed by atoms with Gasteiger partial charge in [-0.25, -0.2) is 0 Å². The van der Waals surface area contributed by atoms with Gasteiger partial charge in [0.15, 0.2) is 0 Å². The Morgan fingerprint density at radius 3 is 2.24 bits per heavy atom. The summed E-state index contributed by atoms with van der Waals surface area (Å²) in [6, 6.07) is 0. The average molecular weight is 317 g/mol. The van der Waals surface area contributed by atoms with Crippen molar-refractivity contribution in [3.63, 3.8) is 0 Å². The summed E-state index contributed by atoms with van der Waals surface area (Å²) in [5.74, 6) is 0.590. The second-order valence-electron chi connectivity index (χ2n) is 6.61. The van der Waals surface area contributed by atoms with Crippen molar-refractivity contribution in [2.24, 2.45) is 5.92 Å². The number of nitrogens with zero attached hydrogens (tertiary/aromatic N) is 1. The van der Waals surface area contributed by atoms with Gasteiger partial charge in [0, 0.05) is 19.6 Å². The van der Waals surface area contributed by atoms with Gasteiger partial charge in [-0.15, -0.1) is 12.4 Å². The van der Waals surface area contributed by atoms with Gasteiger partial charge in [-0.2, -0.15) is 0 Å². The number of carbonyl (C=O) groups is 1. The van der Waals surface area contributed by atoms with Gasteiger partial charge in [-0.3, -0.25) is 4.79 Å². The van der Waals surface area contributed by atoms with E-state index in [1.807, 2.05) is 0 Å². The van der Waals surface area contributed by atoms with E-state index in [0.29, 0.717) is 18.1 Å². The molecule has 0 bridgehead atoms. The number of nitrogens with one attached hydrogen (secondary N) is 1. The lowest BCUT2D eigenvalue weighted by Gasteiger charge is -2.36.